The van der Waals surface area contributed by atoms with Crippen LogP contribution in [0.5, 0.6) is 5.75 Å². The Kier molecular flexibility index (Phi) is 47.2. The quantitative estimate of drug-likeness (QED) is 0.0159. The van der Waals surface area contributed by atoms with Crippen molar-refractivity contribution in [1.29, 1.82) is 0 Å². The smallest absolute Gasteiger partial charge is 0.245 e. The Bertz CT molecular complexity index is 4090. The van der Waals surface area contributed by atoms with Crippen molar-refractivity contribution >= 4 is 99.4 Å². The predicted molar refractivity (Wildman–Crippen MR) is 465 cm³/mol. The van der Waals surface area contributed by atoms with E-state index in [1.54, 1.807) is 43.6 Å². The van der Waals surface area contributed by atoms with Crippen molar-refractivity contribution < 1.29 is 92.7 Å². The van der Waals surface area contributed by atoms with Gasteiger partial charge in [0.05, 0.1) is 44.1 Å². The number of aliphatic imine (C=N–C) groups is 1. The fourth-order valence-electron chi connectivity index (χ4n) is 14.4. The second kappa shape index (κ2) is 56.6. The summed E-state index contributed by atoms with van der Waals surface area (Å²) in [5.41, 5.74) is 19.5. The van der Waals surface area contributed by atoms with Gasteiger partial charge >= 0.3 is 0 Å². The number of rotatable bonds is 44. The summed E-state index contributed by atoms with van der Waals surface area (Å²) < 4.78 is 0. The fraction of sp³-hybridized carbons (Fsp3) is 0.598. The van der Waals surface area contributed by atoms with Crippen LogP contribution in [0.1, 0.15) is 205 Å². The molecule has 2 fully saturated rings. The van der Waals surface area contributed by atoms with E-state index in [9.17, 15) is 92.7 Å². The molecule has 2 saturated heterocycles. The lowest BCUT2D eigenvalue weighted by Gasteiger charge is -2.30. The summed E-state index contributed by atoms with van der Waals surface area (Å²) in [5.74, 6) is -10.0. The van der Waals surface area contributed by atoms with Crippen LogP contribution in [0.4, 0.5) is 0 Å². The number of benzene rings is 3. The van der Waals surface area contributed by atoms with Gasteiger partial charge in [-0.25, -0.2) is 0 Å². The molecule has 37 nitrogen and oxygen atoms in total. The molecule has 686 valence electrons. The van der Waals surface area contributed by atoms with E-state index in [1.165, 1.54) is 101 Å². The number of ketones is 1. The Labute approximate surface area is 724 Å². The number of aliphatic hydroxyl groups is 4. The third kappa shape index (κ3) is 37.5. The molecule has 3 aromatic carbocycles. The SMILES string of the molecule is CCCCCCCCCCCCCCCC(=O)NCC(=O)N[C@@H](CO)C(=O)N[C@@H](CO)C(=O)N[C@@H](Cc1ccc(O)cc1)C(=O)N[C@H](C(=O)N[C@@H](CCCC)C(C)=O)C(C)O.CN[C@H]1CCC(=O)NCCCC[C@@H](C(N)=O)NC(=O)[C@H](Cc2c[nH]c3ccccc23)NC(=O)[C@H](CCCN=C(N)N)NC(=O)[C@@H](Cc2ccccc2)NC(=O)[C@@H]2C[C@@H](O)CN2C1=O. The zero-order valence-corrected chi connectivity index (χ0v) is 72.2. The topological polar surface area (TPSA) is 594 Å². The number of carbonyl (C=O) groups excluding carboxylic acids is 14. The molecule has 0 radical (unpaired) electrons. The number of unbranched alkanes of at least 4 members (excludes halogenated alkanes) is 13. The molecule has 6 rings (SSSR count). The zero-order chi connectivity index (χ0) is 91.0. The number of para-hydroxylation sites is 1. The van der Waals surface area contributed by atoms with Gasteiger partial charge in [0.1, 0.15) is 60.1 Å². The number of carbonyl (C=O) groups is 14. The van der Waals surface area contributed by atoms with E-state index in [1.807, 2.05) is 31.2 Å². The summed E-state index contributed by atoms with van der Waals surface area (Å²) in [6, 6.07) is 7.85. The van der Waals surface area contributed by atoms with Crippen LogP contribution < -0.4 is 81.0 Å². The number of aliphatic hydroxyl groups excluding tert-OH is 4. The van der Waals surface area contributed by atoms with Crippen LogP contribution >= 0.6 is 0 Å². The van der Waals surface area contributed by atoms with Crippen LogP contribution in [0.3, 0.4) is 0 Å². The number of aromatic nitrogens is 1. The first-order chi connectivity index (χ1) is 59.4. The highest BCUT2D eigenvalue weighted by molar-refractivity contribution is 5.99. The molecule has 1 unspecified atom stereocenters. The first kappa shape index (κ1) is 103. The van der Waals surface area contributed by atoms with E-state index in [-0.39, 0.29) is 113 Å². The second-order valence-electron chi connectivity index (χ2n) is 31.8. The number of phenols is 1. The predicted octanol–water partition coefficient (Wildman–Crippen LogP) is 0.162. The first-order valence-corrected chi connectivity index (χ1v) is 43.4. The van der Waals surface area contributed by atoms with Crippen molar-refractivity contribution in [1.82, 2.24) is 73.7 Å². The number of nitrogens with two attached hydrogens (primary N) is 3. The third-order valence-corrected chi connectivity index (χ3v) is 21.6. The number of H-pyrrole nitrogens is 1. The van der Waals surface area contributed by atoms with Gasteiger partial charge in [-0.15, -0.1) is 0 Å². The Morgan fingerprint density at radius 1 is 0.597 bits per heavy atom. The first-order valence-electron chi connectivity index (χ1n) is 43.4. The Morgan fingerprint density at radius 2 is 1.16 bits per heavy atom. The lowest BCUT2D eigenvalue weighted by atomic mass is 10.0. The molecule has 2 aliphatic heterocycles. The maximum atomic E-state index is 14.4. The molecule has 0 spiro atoms. The molecule has 0 saturated carbocycles. The molecule has 0 aliphatic carbocycles. The van der Waals surface area contributed by atoms with Crippen LogP contribution in [-0.2, 0) is 86.4 Å². The number of likely N-dealkylation sites (N-methyl/N-ethyl adjacent to an activating group) is 1. The molecule has 3 heterocycles. The maximum absolute atomic E-state index is 14.4. The van der Waals surface area contributed by atoms with Gasteiger partial charge in [0.25, 0.3) is 0 Å². The lowest BCUT2D eigenvalue weighted by Crippen LogP contribution is -2.61. The van der Waals surface area contributed by atoms with Crippen molar-refractivity contribution in [2.45, 2.75) is 286 Å². The average molecular weight is 1740 g/mol. The minimum Gasteiger partial charge on any atom is -0.508 e. The Hall–Kier alpha value is -11.2. The third-order valence-electron chi connectivity index (χ3n) is 21.6. The molecule has 2 aliphatic rings. The highest BCUT2D eigenvalue weighted by Crippen LogP contribution is 2.24. The van der Waals surface area contributed by atoms with Gasteiger partial charge in [0, 0.05) is 75.3 Å². The molecule has 37 heteroatoms. The van der Waals surface area contributed by atoms with Crippen LogP contribution in [0.15, 0.2) is 90.1 Å². The number of nitrogens with one attached hydrogen (secondary N) is 13. The molecule has 24 N–H and O–H groups in total. The average Bonchev–Trinajstić information content (AvgIpc) is 1.64. The molecule has 13 amide bonds. The monoisotopic (exact) mass is 1740 g/mol. The Morgan fingerprint density at radius 3 is 1.77 bits per heavy atom. The lowest BCUT2D eigenvalue weighted by molar-refractivity contribution is -0.141. The number of aromatic hydroxyl groups is 1. The molecular weight excluding hydrogens is 1600 g/mol. The van der Waals surface area contributed by atoms with Crippen LogP contribution in [0.25, 0.3) is 10.9 Å². The summed E-state index contributed by atoms with van der Waals surface area (Å²) in [7, 11) is 1.55. The summed E-state index contributed by atoms with van der Waals surface area (Å²) in [5, 5.41) is 82.8. The van der Waals surface area contributed by atoms with Gasteiger partial charge in [0.2, 0.25) is 76.8 Å². The number of nitrogens with zero attached hydrogens (tertiary/aromatic N) is 2. The summed E-state index contributed by atoms with van der Waals surface area (Å²) >= 11 is 0. The van der Waals surface area contributed by atoms with Gasteiger partial charge in [-0.2, -0.15) is 0 Å². The van der Waals surface area contributed by atoms with Gasteiger partial charge in [-0.3, -0.25) is 72.1 Å². The van der Waals surface area contributed by atoms with E-state index in [0.717, 1.165) is 36.6 Å². The minimum atomic E-state index is -1.68. The largest absolute Gasteiger partial charge is 0.508 e. The van der Waals surface area contributed by atoms with Gasteiger partial charge in [-0.05, 0) is 107 Å². The summed E-state index contributed by atoms with van der Waals surface area (Å²) in [4.78, 5) is 195. The van der Waals surface area contributed by atoms with Crippen molar-refractivity contribution in [3.8, 4) is 5.75 Å². The molecule has 13 atom stereocenters. The standard InChI is InChI=1S/C44H74N6O11.C43H60N12O8/c1-5-7-9-10-11-12-13-14-15-16-17-18-19-21-38(56)45-27-39(57)46-36(28-51)42(59)49-37(29-52)43(60)48-35(26-32-22-24-33(55)25-23-32)41(58)50-40(31(4)54)44(61)47-34(30(3)53)20-8-6-2;1-47-32-16-17-36(57)48-18-8-7-14-30(37(44)58)51-40(61)34(21-26-23-50-29-13-6-5-12-28(26)29)53-38(59)31(15-9-19-49-43(45)46)52-39(60)33(20-25-10-3-2-4-11-25)54-41(62)35-22-27(56)24-55(35)42(32)63/h22-25,31,34-37,40,51-52,54-55H,5-21,26-29H2,1-4H3,(H,45,56)(H,46,57)(H,47,61)(H,48,60)(H,49,59)(H,50,58);2-6,10-13,23,27,30-35,47,50,56H,7-9,14-22,24H2,1H3,(H2,44,58)(H,48,57)(H,51,61)(H,52,60)(H,53,59)(H,54,62)(H4,45,46,49)/t31?,34-,35-,36-,37-,40-;27-,30+,31+,32+,33-,34+,35+/m01/s1. The zero-order valence-electron chi connectivity index (χ0n) is 72.2. The number of Topliss-reactive ketones (excluding diaryl/α,β-unsaturated/α-hetero) is 1. The summed E-state index contributed by atoms with van der Waals surface area (Å²) in [6.45, 7) is 4.61. The van der Waals surface area contributed by atoms with Crippen LogP contribution in [0.2, 0.25) is 0 Å². The van der Waals surface area contributed by atoms with Crippen LogP contribution in [-0.4, -0.2) is 249 Å². The van der Waals surface area contributed by atoms with E-state index in [0.29, 0.717) is 48.8 Å². The highest BCUT2D eigenvalue weighted by atomic mass is 16.3. The Balaban J connectivity index is 0.000000441. The van der Waals surface area contributed by atoms with Crippen molar-refractivity contribution in [3.05, 3.63) is 102 Å². The minimum absolute atomic E-state index is 0.00470. The number of guanidine groups is 1. The number of amides is 13. The number of phenolic OH excluding ortho intramolecular Hbond substituents is 1. The van der Waals surface area contributed by atoms with Crippen molar-refractivity contribution in [2.75, 3.05) is 46.4 Å². The second-order valence-corrected chi connectivity index (χ2v) is 31.8. The van der Waals surface area contributed by atoms with E-state index in [4.69, 9.17) is 17.2 Å². The number of aromatic amines is 1. The van der Waals surface area contributed by atoms with Gasteiger partial charge in [-0.1, -0.05) is 164 Å². The highest BCUT2D eigenvalue weighted by Gasteiger charge is 2.43. The molecule has 124 heavy (non-hydrogen) atoms. The summed E-state index contributed by atoms with van der Waals surface area (Å²) in [6.07, 6.45) is 17.4. The van der Waals surface area contributed by atoms with E-state index >= 15 is 0 Å². The van der Waals surface area contributed by atoms with Crippen LogP contribution in [0, 0.1) is 0 Å². The number of hydrogen-bond donors (Lipinski definition) is 21. The number of hydrogen-bond acceptors (Lipinski definition) is 21. The van der Waals surface area contributed by atoms with Gasteiger partial charge < -0.3 is 116 Å². The maximum Gasteiger partial charge on any atom is 0.245 e. The normalized spacial score (nSPS) is 19.7. The molecule has 1 aromatic heterocycles. The van der Waals surface area contributed by atoms with Gasteiger partial charge in [0.15, 0.2) is 11.7 Å². The van der Waals surface area contributed by atoms with Crippen molar-refractivity contribution in [3.63, 3.8) is 0 Å². The molecule has 0 bridgehead atoms. The molecule has 4 aromatic rings. The van der Waals surface area contributed by atoms with Crippen molar-refractivity contribution in [2.24, 2.45) is 22.2 Å². The van der Waals surface area contributed by atoms with E-state index < -0.39 is 163 Å². The number of fused-ring (bicyclic) bond motifs is 2. The molecular formula is C87H134N18O19. The van der Waals surface area contributed by atoms with E-state index in [2.05, 4.69) is 80.7 Å². The number of primary amides is 1. The fourth-order valence-corrected chi connectivity index (χ4v) is 14.4.